The molecule has 0 saturated heterocycles. The summed E-state index contributed by atoms with van der Waals surface area (Å²) in [6.07, 6.45) is 0. The summed E-state index contributed by atoms with van der Waals surface area (Å²) in [6.45, 7) is 3.95. The summed E-state index contributed by atoms with van der Waals surface area (Å²) in [4.78, 5) is 14.9. The number of rotatable bonds is 4. The van der Waals surface area contributed by atoms with E-state index >= 15 is 0 Å². The van der Waals surface area contributed by atoms with Crippen LogP contribution in [0.1, 0.15) is 15.6 Å². The maximum Gasteiger partial charge on any atom is 0.307 e. The maximum atomic E-state index is 13.6. The third kappa shape index (κ3) is 2.90. The second kappa shape index (κ2) is 5.49. The molecular weight excluding hydrogens is 288 g/mol. The number of aromatic nitrogens is 1. The highest BCUT2D eigenvalue weighted by molar-refractivity contribution is 7.11. The summed E-state index contributed by atoms with van der Waals surface area (Å²) < 4.78 is 26.8. The molecule has 1 heterocycles. The number of anilines is 1. The molecule has 0 fully saturated rings. The second-order valence-corrected chi connectivity index (χ2v) is 5.42. The number of aryl methyl sites for hydroxylation is 2. The number of nitrogens with zero attached hydrogens (tertiary/aromatic N) is 2. The lowest BCUT2D eigenvalue weighted by Gasteiger charge is -2.07. The molecule has 0 aliphatic carbocycles. The number of hydrogen-bond acceptors (Lipinski definition) is 5. The first kappa shape index (κ1) is 14.3. The number of thiazole rings is 1. The van der Waals surface area contributed by atoms with Crippen LogP contribution in [0, 0.1) is 35.6 Å². The van der Waals surface area contributed by atoms with Gasteiger partial charge in [-0.25, -0.2) is 9.37 Å². The Morgan fingerprint density at radius 2 is 2.05 bits per heavy atom. The van der Waals surface area contributed by atoms with Crippen molar-refractivity contribution in [2.45, 2.75) is 20.4 Å². The maximum absolute atomic E-state index is 13.6. The SMILES string of the molecule is Cc1nc(C)c(CNc2cc([N+](=O)[O-])c(F)cc2F)s1. The van der Waals surface area contributed by atoms with E-state index in [4.69, 9.17) is 0 Å². The van der Waals surface area contributed by atoms with Gasteiger partial charge >= 0.3 is 5.69 Å². The Kier molecular flexibility index (Phi) is 3.93. The molecule has 8 heteroatoms. The highest BCUT2D eigenvalue weighted by atomic mass is 32.1. The quantitative estimate of drug-likeness (QED) is 0.692. The fourth-order valence-corrected chi connectivity index (χ4v) is 2.60. The topological polar surface area (TPSA) is 68.1 Å². The van der Waals surface area contributed by atoms with Crippen LogP contribution in [0.15, 0.2) is 12.1 Å². The van der Waals surface area contributed by atoms with E-state index in [-0.39, 0.29) is 12.2 Å². The number of nitro benzene ring substituents is 1. The fraction of sp³-hybridized carbons (Fsp3) is 0.250. The molecule has 2 aromatic rings. The van der Waals surface area contributed by atoms with E-state index in [2.05, 4.69) is 10.3 Å². The molecule has 1 N–H and O–H groups in total. The van der Waals surface area contributed by atoms with Crippen LogP contribution in [0.4, 0.5) is 20.2 Å². The molecule has 106 valence electrons. The van der Waals surface area contributed by atoms with E-state index in [1.54, 1.807) is 0 Å². The van der Waals surface area contributed by atoms with Gasteiger partial charge in [0.25, 0.3) is 0 Å². The Morgan fingerprint density at radius 1 is 1.35 bits per heavy atom. The van der Waals surface area contributed by atoms with Crippen molar-refractivity contribution in [3.63, 3.8) is 0 Å². The molecule has 0 saturated carbocycles. The molecule has 0 aliphatic rings. The Morgan fingerprint density at radius 3 is 2.60 bits per heavy atom. The summed E-state index contributed by atoms with van der Waals surface area (Å²) in [6, 6.07) is 1.36. The van der Waals surface area contributed by atoms with E-state index in [0.29, 0.717) is 6.07 Å². The zero-order valence-corrected chi connectivity index (χ0v) is 11.6. The van der Waals surface area contributed by atoms with Crippen LogP contribution in [0.5, 0.6) is 0 Å². The molecule has 0 amide bonds. The van der Waals surface area contributed by atoms with Crippen LogP contribution in [0.3, 0.4) is 0 Å². The van der Waals surface area contributed by atoms with Crippen molar-refractivity contribution in [1.29, 1.82) is 0 Å². The van der Waals surface area contributed by atoms with Crippen molar-refractivity contribution >= 4 is 22.7 Å². The highest BCUT2D eigenvalue weighted by Gasteiger charge is 2.18. The van der Waals surface area contributed by atoms with Crippen LogP contribution < -0.4 is 5.32 Å². The molecule has 0 unspecified atom stereocenters. The minimum absolute atomic E-state index is 0.108. The smallest absolute Gasteiger partial charge is 0.307 e. The van der Waals surface area contributed by atoms with Crippen LogP contribution in [-0.4, -0.2) is 9.91 Å². The lowest BCUT2D eigenvalue weighted by molar-refractivity contribution is -0.387. The number of hydrogen-bond donors (Lipinski definition) is 1. The predicted molar refractivity (Wildman–Crippen MR) is 71.9 cm³/mol. The summed E-state index contributed by atoms with van der Waals surface area (Å²) >= 11 is 1.45. The summed E-state index contributed by atoms with van der Waals surface area (Å²) in [7, 11) is 0. The van der Waals surface area contributed by atoms with Crippen molar-refractivity contribution in [2.75, 3.05) is 5.32 Å². The molecule has 2 rings (SSSR count). The zero-order valence-electron chi connectivity index (χ0n) is 10.7. The average Bonchev–Trinajstić information content (AvgIpc) is 2.66. The monoisotopic (exact) mass is 299 g/mol. The van der Waals surface area contributed by atoms with Gasteiger partial charge in [-0.05, 0) is 13.8 Å². The third-order valence-electron chi connectivity index (χ3n) is 2.67. The number of benzene rings is 1. The minimum atomic E-state index is -1.19. The molecule has 0 radical (unpaired) electrons. The van der Waals surface area contributed by atoms with E-state index in [1.807, 2.05) is 13.8 Å². The average molecular weight is 299 g/mol. The van der Waals surface area contributed by atoms with E-state index in [0.717, 1.165) is 21.6 Å². The number of nitrogens with one attached hydrogen (secondary N) is 1. The Balaban J connectivity index is 2.23. The third-order valence-corrected chi connectivity index (χ3v) is 3.75. The van der Waals surface area contributed by atoms with Gasteiger partial charge in [0.1, 0.15) is 5.82 Å². The van der Waals surface area contributed by atoms with E-state index in [9.17, 15) is 18.9 Å². The fourth-order valence-electron chi connectivity index (χ4n) is 1.73. The van der Waals surface area contributed by atoms with Gasteiger partial charge < -0.3 is 5.32 Å². The Labute approximate surface area is 117 Å². The van der Waals surface area contributed by atoms with Crippen molar-refractivity contribution in [2.24, 2.45) is 0 Å². The van der Waals surface area contributed by atoms with Crippen molar-refractivity contribution in [3.8, 4) is 0 Å². The molecule has 1 aromatic carbocycles. The second-order valence-electron chi connectivity index (χ2n) is 4.14. The van der Waals surface area contributed by atoms with Crippen molar-refractivity contribution in [1.82, 2.24) is 4.98 Å². The lowest BCUT2D eigenvalue weighted by atomic mass is 10.2. The molecule has 0 atom stereocenters. The number of halogens is 2. The standard InChI is InChI=1S/C12H11F2N3O2S/c1-6-12(20-7(2)16-6)5-15-10-4-11(17(18)19)9(14)3-8(10)13/h3-4,15H,5H2,1-2H3. The molecule has 0 spiro atoms. The van der Waals surface area contributed by atoms with Gasteiger partial charge in [0, 0.05) is 17.0 Å². The molecule has 0 aliphatic heterocycles. The lowest BCUT2D eigenvalue weighted by Crippen LogP contribution is -2.03. The predicted octanol–water partition coefficient (Wildman–Crippen LogP) is 3.56. The summed E-state index contributed by atoms with van der Waals surface area (Å²) in [5.74, 6) is -2.06. The van der Waals surface area contributed by atoms with Gasteiger partial charge in [-0.3, -0.25) is 10.1 Å². The molecule has 20 heavy (non-hydrogen) atoms. The van der Waals surface area contributed by atoms with Gasteiger partial charge in [0.15, 0.2) is 0 Å². The van der Waals surface area contributed by atoms with Crippen molar-refractivity contribution < 1.29 is 13.7 Å². The highest BCUT2D eigenvalue weighted by Crippen LogP contribution is 2.26. The van der Waals surface area contributed by atoms with Gasteiger partial charge in [-0.1, -0.05) is 0 Å². The zero-order chi connectivity index (χ0) is 14.9. The molecular formula is C12H11F2N3O2S. The molecule has 0 bridgehead atoms. The summed E-state index contributed by atoms with van der Waals surface area (Å²) in [5.41, 5.74) is -0.0494. The van der Waals surface area contributed by atoms with Gasteiger partial charge in [0.05, 0.1) is 27.9 Å². The van der Waals surface area contributed by atoms with Crippen LogP contribution in [0.2, 0.25) is 0 Å². The van der Waals surface area contributed by atoms with E-state index < -0.39 is 22.2 Å². The van der Waals surface area contributed by atoms with Gasteiger partial charge in [0.2, 0.25) is 5.82 Å². The largest absolute Gasteiger partial charge is 0.378 e. The first-order chi connectivity index (χ1) is 9.38. The van der Waals surface area contributed by atoms with Crippen LogP contribution in [-0.2, 0) is 6.54 Å². The van der Waals surface area contributed by atoms with E-state index in [1.165, 1.54) is 11.3 Å². The first-order valence-corrected chi connectivity index (χ1v) is 6.50. The first-order valence-electron chi connectivity index (χ1n) is 5.68. The Hall–Kier alpha value is -2.09. The number of nitro groups is 1. The van der Waals surface area contributed by atoms with Crippen molar-refractivity contribution in [3.05, 3.63) is 49.5 Å². The van der Waals surface area contributed by atoms with Gasteiger partial charge in [-0.15, -0.1) is 11.3 Å². The van der Waals surface area contributed by atoms with Gasteiger partial charge in [-0.2, -0.15) is 4.39 Å². The Bertz CT molecular complexity index is 673. The normalized spacial score (nSPS) is 10.6. The van der Waals surface area contributed by atoms with Crippen LogP contribution >= 0.6 is 11.3 Å². The van der Waals surface area contributed by atoms with Crippen LogP contribution in [0.25, 0.3) is 0 Å². The summed E-state index contributed by atoms with van der Waals surface area (Å²) in [5, 5.41) is 14.2. The molecule has 1 aromatic heterocycles. The minimum Gasteiger partial charge on any atom is -0.378 e. The molecule has 5 nitrogen and oxygen atoms in total.